The zero-order valence-corrected chi connectivity index (χ0v) is 27.4. The number of allylic oxidation sites excluding steroid dienone is 2. The topological polar surface area (TPSA) is 82.2 Å². The summed E-state index contributed by atoms with van der Waals surface area (Å²) in [7, 11) is 0. The van der Waals surface area contributed by atoms with E-state index in [0.29, 0.717) is 25.2 Å². The second-order valence-corrected chi connectivity index (χ2v) is 16.8. The van der Waals surface area contributed by atoms with Crippen LogP contribution in [0, 0.1) is 11.3 Å². The Labute approximate surface area is 260 Å². The van der Waals surface area contributed by atoms with Gasteiger partial charge in [0, 0.05) is 40.3 Å². The van der Waals surface area contributed by atoms with Crippen molar-refractivity contribution >= 4 is 10.9 Å². The van der Waals surface area contributed by atoms with Crippen molar-refractivity contribution in [2.75, 3.05) is 0 Å². The summed E-state index contributed by atoms with van der Waals surface area (Å²) in [6.45, 7) is 17.2. The summed E-state index contributed by atoms with van der Waals surface area (Å²) >= 11 is 0. The van der Waals surface area contributed by atoms with E-state index in [1.807, 2.05) is 19.9 Å². The Morgan fingerprint density at radius 3 is 2.50 bits per heavy atom. The van der Waals surface area contributed by atoms with Crippen molar-refractivity contribution < 1.29 is 28.8 Å². The Hall–Kier alpha value is -2.16. The second-order valence-electron chi connectivity index (χ2n) is 16.8. The first-order chi connectivity index (χ1) is 20.6. The Balaban J connectivity index is 1.14. The number of ether oxygens (including phenoxy) is 5. The number of H-pyrrole nitrogens is 1. The molecule has 2 bridgehead atoms. The van der Waals surface area contributed by atoms with Crippen LogP contribution in [-0.2, 0) is 35.5 Å². The number of fused-ring (bicyclic) bond motifs is 7. The lowest BCUT2D eigenvalue weighted by molar-refractivity contribution is -0.534. The summed E-state index contributed by atoms with van der Waals surface area (Å²) in [5, 5.41) is 14.6. The maximum atomic E-state index is 13.3. The number of nitrogens with one attached hydrogen (secondary N) is 1. The second kappa shape index (κ2) is 8.03. The SMILES string of the molecule is CC(C)=CC1OC(C)(C)[C@H]2OC3=CC[C@]4(C)[C@@]5(C)c6[nH]c7cccc(C8CC(C)(C)O8)c7c6C[C@@H]5CC[C@@]4(O)C34C[C@@]2(O1)O4. The largest absolute Gasteiger partial charge is 0.483 e. The fourth-order valence-electron chi connectivity index (χ4n) is 11.0. The van der Waals surface area contributed by atoms with Crippen LogP contribution in [-0.4, -0.2) is 50.7 Å². The number of benzene rings is 1. The van der Waals surface area contributed by atoms with Crippen molar-refractivity contribution in [3.05, 3.63) is 58.5 Å². The van der Waals surface area contributed by atoms with Crippen molar-refractivity contribution in [3.8, 4) is 0 Å². The molecule has 44 heavy (non-hydrogen) atoms. The van der Waals surface area contributed by atoms with E-state index in [4.69, 9.17) is 23.7 Å². The van der Waals surface area contributed by atoms with Gasteiger partial charge in [0.2, 0.25) is 5.79 Å². The first-order valence-electron chi connectivity index (χ1n) is 16.7. The Morgan fingerprint density at radius 2 is 1.80 bits per heavy atom. The fraction of sp³-hybridized carbons (Fsp3) is 0.676. The lowest BCUT2D eigenvalue weighted by Gasteiger charge is -2.76. The monoisotopic (exact) mass is 601 g/mol. The Kier molecular flexibility index (Phi) is 5.13. The van der Waals surface area contributed by atoms with Crippen LogP contribution in [0.15, 0.2) is 41.7 Å². The molecule has 0 amide bonds. The van der Waals surface area contributed by atoms with Gasteiger partial charge in [-0.25, -0.2) is 0 Å². The maximum absolute atomic E-state index is 13.3. The molecule has 9 atom stereocenters. The number of hydrogen-bond acceptors (Lipinski definition) is 6. The van der Waals surface area contributed by atoms with Gasteiger partial charge in [-0.1, -0.05) is 31.6 Å². The predicted molar refractivity (Wildman–Crippen MR) is 166 cm³/mol. The average Bonchev–Trinajstić information content (AvgIpc) is 3.41. The standard InChI is InChI=1S/C37H47NO6/c1-20(2)16-27-42-32(5,6)30-36(43-27)19-35(44-36)26(40-30)13-14-33(7)34(8)21(12-15-37(33,35)39)17-23-28-22(25-18-31(3,4)41-25)10-9-11-24(28)38-29(23)34/h9-11,13,16,21,25,27,30,38-39H,12,14-15,17-19H2,1-8H3/t21-,25?,27?,30+,33+,34+,35?,36+,37-/m0/s1. The molecule has 5 aliphatic heterocycles. The first kappa shape index (κ1) is 28.1. The minimum absolute atomic E-state index is 0.0715. The molecule has 2 spiro atoms. The van der Waals surface area contributed by atoms with Gasteiger partial charge in [-0.05, 0) is 102 Å². The van der Waals surface area contributed by atoms with Crippen molar-refractivity contribution in [2.24, 2.45) is 11.3 Å². The molecule has 5 saturated heterocycles. The van der Waals surface area contributed by atoms with Crippen LogP contribution < -0.4 is 0 Å². The van der Waals surface area contributed by atoms with Crippen LogP contribution in [0.4, 0.5) is 0 Å². The molecular weight excluding hydrogens is 554 g/mol. The molecule has 1 aromatic heterocycles. The molecule has 8 aliphatic rings. The minimum atomic E-state index is -1.13. The van der Waals surface area contributed by atoms with Crippen LogP contribution in [0.3, 0.4) is 0 Å². The van der Waals surface area contributed by atoms with E-state index in [1.54, 1.807) is 0 Å². The molecule has 2 aromatic rings. The predicted octanol–water partition coefficient (Wildman–Crippen LogP) is 7.03. The molecular formula is C37H47NO6. The van der Waals surface area contributed by atoms with Crippen LogP contribution in [0.2, 0.25) is 0 Å². The van der Waals surface area contributed by atoms with E-state index >= 15 is 0 Å². The van der Waals surface area contributed by atoms with Gasteiger partial charge in [0.25, 0.3) is 0 Å². The van der Waals surface area contributed by atoms with Crippen molar-refractivity contribution in [2.45, 2.75) is 146 Å². The third kappa shape index (κ3) is 3.03. The van der Waals surface area contributed by atoms with Gasteiger partial charge < -0.3 is 33.8 Å². The quantitative estimate of drug-likeness (QED) is 0.360. The molecule has 7 nitrogen and oxygen atoms in total. The molecule has 6 fully saturated rings. The number of hydrogen-bond donors (Lipinski definition) is 2. The van der Waals surface area contributed by atoms with Gasteiger partial charge in [-0.3, -0.25) is 0 Å². The van der Waals surface area contributed by atoms with Gasteiger partial charge in [0.05, 0.1) is 11.7 Å². The third-order valence-electron chi connectivity index (χ3n) is 13.2. The number of rotatable bonds is 2. The van der Waals surface area contributed by atoms with Crippen molar-refractivity contribution in [1.29, 1.82) is 0 Å². The zero-order valence-electron chi connectivity index (χ0n) is 27.4. The Bertz CT molecular complexity index is 1660. The molecule has 10 rings (SSSR count). The molecule has 0 radical (unpaired) electrons. The molecule has 236 valence electrons. The van der Waals surface area contributed by atoms with E-state index in [1.165, 1.54) is 27.7 Å². The van der Waals surface area contributed by atoms with Gasteiger partial charge in [0.15, 0.2) is 18.0 Å². The summed E-state index contributed by atoms with van der Waals surface area (Å²) in [5.74, 6) is 0.215. The van der Waals surface area contributed by atoms with Crippen LogP contribution in [0.5, 0.6) is 0 Å². The van der Waals surface area contributed by atoms with Crippen LogP contribution in [0.1, 0.15) is 110 Å². The summed E-state index contributed by atoms with van der Waals surface area (Å²) in [6, 6.07) is 6.61. The fourth-order valence-corrected chi connectivity index (χ4v) is 11.0. The molecule has 2 N–H and O–H groups in total. The van der Waals surface area contributed by atoms with Crippen LogP contribution >= 0.6 is 0 Å². The summed E-state index contributed by atoms with van der Waals surface area (Å²) in [6.07, 6.45) is 8.29. The molecule has 7 heteroatoms. The van der Waals surface area contributed by atoms with Crippen LogP contribution in [0.25, 0.3) is 10.9 Å². The van der Waals surface area contributed by atoms with E-state index < -0.39 is 40.4 Å². The molecule has 1 aromatic carbocycles. The average molecular weight is 602 g/mol. The molecule has 1 saturated carbocycles. The summed E-state index contributed by atoms with van der Waals surface area (Å²) in [5.41, 5.74) is 2.74. The lowest BCUT2D eigenvalue weighted by Crippen LogP contribution is -2.88. The number of aliphatic hydroxyl groups is 1. The minimum Gasteiger partial charge on any atom is -0.483 e. The van der Waals surface area contributed by atoms with Gasteiger partial charge in [-0.15, -0.1) is 0 Å². The first-order valence-corrected chi connectivity index (χ1v) is 16.7. The normalized spacial score (nSPS) is 47.0. The highest BCUT2D eigenvalue weighted by Gasteiger charge is 2.85. The van der Waals surface area contributed by atoms with E-state index in [-0.39, 0.29) is 17.1 Å². The number of aromatic nitrogens is 1. The third-order valence-corrected chi connectivity index (χ3v) is 13.2. The summed E-state index contributed by atoms with van der Waals surface area (Å²) in [4.78, 5) is 3.92. The highest BCUT2D eigenvalue weighted by molar-refractivity contribution is 5.90. The molecule has 3 aliphatic carbocycles. The Morgan fingerprint density at radius 1 is 1.05 bits per heavy atom. The van der Waals surface area contributed by atoms with E-state index in [2.05, 4.69) is 70.8 Å². The van der Waals surface area contributed by atoms with Gasteiger partial charge in [0.1, 0.15) is 17.0 Å². The molecule has 6 heterocycles. The lowest BCUT2D eigenvalue weighted by atomic mass is 9.40. The molecule has 3 unspecified atom stereocenters. The smallest absolute Gasteiger partial charge is 0.216 e. The van der Waals surface area contributed by atoms with Gasteiger partial charge >= 0.3 is 0 Å². The zero-order chi connectivity index (χ0) is 30.9. The maximum Gasteiger partial charge on any atom is 0.216 e. The van der Waals surface area contributed by atoms with E-state index in [9.17, 15) is 5.11 Å². The summed E-state index contributed by atoms with van der Waals surface area (Å²) < 4.78 is 33.1. The highest BCUT2D eigenvalue weighted by Crippen LogP contribution is 2.75. The van der Waals surface area contributed by atoms with Crippen molar-refractivity contribution in [1.82, 2.24) is 4.98 Å². The highest BCUT2D eigenvalue weighted by atomic mass is 16.8. The van der Waals surface area contributed by atoms with E-state index in [0.717, 1.165) is 30.6 Å². The number of aromatic amines is 1. The van der Waals surface area contributed by atoms with Crippen molar-refractivity contribution in [3.63, 3.8) is 0 Å². The van der Waals surface area contributed by atoms with Gasteiger partial charge in [-0.2, -0.15) is 0 Å².